The number of amidine groups is 2. The van der Waals surface area contributed by atoms with Gasteiger partial charge in [0, 0.05) is 17.8 Å². The van der Waals surface area contributed by atoms with Crippen molar-refractivity contribution in [3.63, 3.8) is 0 Å². The van der Waals surface area contributed by atoms with Crippen LogP contribution in [0.5, 0.6) is 5.75 Å². The third kappa shape index (κ3) is 5.97. The molecular weight excluding hydrogens is 440 g/mol. The quantitative estimate of drug-likeness (QED) is 0.508. The minimum Gasteiger partial charge on any atom is -0.491 e. The highest BCUT2D eigenvalue weighted by atomic mass is 16.5. The number of fused-ring (bicyclic) bond motifs is 3. The number of likely N-dealkylation sites (tertiary alicyclic amines) is 1. The zero-order valence-corrected chi connectivity index (χ0v) is 21.1. The molecule has 9 heteroatoms. The number of ether oxygens (including phenoxy) is 1. The van der Waals surface area contributed by atoms with Crippen LogP contribution in [0, 0.1) is 0 Å². The molecule has 1 fully saturated rings. The number of allylic oxidation sites excluding steroid dienone is 1. The zero-order chi connectivity index (χ0) is 24.9. The van der Waals surface area contributed by atoms with Gasteiger partial charge in [0.05, 0.1) is 29.7 Å². The fraction of sp³-hybridized carbons (Fsp3) is 0.462. The SMILES string of the molecule is CC(N)=NC(=NC(C)C)c1cn2c(n1)-c1ccc(C(C=CN)=NC3CCN(C)CC3)cc1OCC2. The molecule has 2 aromatic rings. The van der Waals surface area contributed by atoms with Gasteiger partial charge in [0.2, 0.25) is 0 Å². The second-order valence-electron chi connectivity index (χ2n) is 9.41. The van der Waals surface area contributed by atoms with Gasteiger partial charge in [-0.05, 0) is 78.2 Å². The summed E-state index contributed by atoms with van der Waals surface area (Å²) in [6.45, 7) is 9.09. The summed E-state index contributed by atoms with van der Waals surface area (Å²) in [6, 6.07) is 6.52. The number of imidazole rings is 1. The Morgan fingerprint density at radius 2 is 2.00 bits per heavy atom. The van der Waals surface area contributed by atoms with E-state index in [1.54, 1.807) is 13.1 Å². The number of aromatic nitrogens is 2. The van der Waals surface area contributed by atoms with Gasteiger partial charge in [-0.3, -0.25) is 9.98 Å². The second-order valence-corrected chi connectivity index (χ2v) is 9.41. The minimum atomic E-state index is 0.0747. The molecule has 2 aliphatic rings. The van der Waals surface area contributed by atoms with Crippen molar-refractivity contribution in [2.45, 2.75) is 52.2 Å². The number of aliphatic imine (C=N–C) groups is 3. The van der Waals surface area contributed by atoms with Gasteiger partial charge in [0.15, 0.2) is 5.84 Å². The fourth-order valence-corrected chi connectivity index (χ4v) is 4.34. The minimum absolute atomic E-state index is 0.0747. The Morgan fingerprint density at radius 1 is 1.23 bits per heavy atom. The van der Waals surface area contributed by atoms with Crippen LogP contribution >= 0.6 is 0 Å². The van der Waals surface area contributed by atoms with Crippen LogP contribution < -0.4 is 16.2 Å². The molecule has 0 unspecified atom stereocenters. The van der Waals surface area contributed by atoms with Crippen molar-refractivity contribution in [2.24, 2.45) is 26.4 Å². The topological polar surface area (TPSA) is 119 Å². The van der Waals surface area contributed by atoms with Gasteiger partial charge < -0.3 is 25.7 Å². The second kappa shape index (κ2) is 10.9. The van der Waals surface area contributed by atoms with Gasteiger partial charge in [-0.25, -0.2) is 9.98 Å². The predicted molar refractivity (Wildman–Crippen MR) is 143 cm³/mol. The van der Waals surface area contributed by atoms with Gasteiger partial charge in [-0.2, -0.15) is 0 Å². The van der Waals surface area contributed by atoms with E-state index in [2.05, 4.69) is 32.6 Å². The summed E-state index contributed by atoms with van der Waals surface area (Å²) in [6.07, 6.45) is 7.49. The maximum Gasteiger partial charge on any atom is 0.177 e. The van der Waals surface area contributed by atoms with Crippen LogP contribution in [-0.2, 0) is 6.54 Å². The first kappa shape index (κ1) is 24.7. The Hall–Kier alpha value is -3.46. The molecule has 0 atom stereocenters. The Kier molecular flexibility index (Phi) is 7.65. The molecule has 4 rings (SSSR count). The average Bonchev–Trinajstić information content (AvgIpc) is 3.15. The number of benzene rings is 1. The van der Waals surface area contributed by atoms with Crippen LogP contribution in [-0.4, -0.2) is 70.7 Å². The molecule has 3 heterocycles. The fourth-order valence-electron chi connectivity index (χ4n) is 4.34. The molecule has 9 nitrogen and oxygen atoms in total. The van der Waals surface area contributed by atoms with Crippen LogP contribution in [0.3, 0.4) is 0 Å². The summed E-state index contributed by atoms with van der Waals surface area (Å²) in [4.78, 5) is 21.3. The molecule has 0 bridgehead atoms. The van der Waals surface area contributed by atoms with Gasteiger partial charge in [0.25, 0.3) is 0 Å². The summed E-state index contributed by atoms with van der Waals surface area (Å²) in [5.74, 6) is 2.59. The molecule has 1 saturated heterocycles. The van der Waals surface area contributed by atoms with Crippen LogP contribution in [0.15, 0.2) is 51.6 Å². The first-order chi connectivity index (χ1) is 16.8. The first-order valence-corrected chi connectivity index (χ1v) is 12.2. The van der Waals surface area contributed by atoms with Crippen molar-refractivity contribution in [1.29, 1.82) is 0 Å². The molecule has 1 aromatic heterocycles. The van der Waals surface area contributed by atoms with E-state index < -0.39 is 0 Å². The highest BCUT2D eigenvalue weighted by Crippen LogP contribution is 2.33. The van der Waals surface area contributed by atoms with Crippen LogP contribution in [0.25, 0.3) is 11.4 Å². The van der Waals surface area contributed by atoms with Gasteiger partial charge in [-0.1, -0.05) is 6.07 Å². The normalized spacial score (nSPS) is 18.5. The predicted octanol–water partition coefficient (Wildman–Crippen LogP) is 2.83. The van der Waals surface area contributed by atoms with E-state index in [4.69, 9.17) is 26.2 Å². The highest BCUT2D eigenvalue weighted by molar-refractivity contribution is 6.09. The van der Waals surface area contributed by atoms with E-state index >= 15 is 0 Å². The monoisotopic (exact) mass is 476 g/mol. The van der Waals surface area contributed by atoms with Gasteiger partial charge in [-0.15, -0.1) is 0 Å². The van der Waals surface area contributed by atoms with Crippen molar-refractivity contribution in [1.82, 2.24) is 14.5 Å². The lowest BCUT2D eigenvalue weighted by molar-refractivity contribution is 0.257. The van der Waals surface area contributed by atoms with E-state index in [0.717, 1.165) is 54.3 Å². The number of piperidine rings is 1. The molecule has 2 aliphatic heterocycles. The number of hydrogen-bond donors (Lipinski definition) is 2. The molecule has 0 radical (unpaired) electrons. The van der Waals surface area contributed by atoms with Crippen molar-refractivity contribution in [3.05, 3.63) is 47.9 Å². The molecule has 4 N–H and O–H groups in total. The molecule has 186 valence electrons. The largest absolute Gasteiger partial charge is 0.491 e. The first-order valence-electron chi connectivity index (χ1n) is 12.2. The summed E-state index contributed by atoms with van der Waals surface area (Å²) < 4.78 is 8.22. The Morgan fingerprint density at radius 3 is 2.69 bits per heavy atom. The van der Waals surface area contributed by atoms with E-state index in [9.17, 15) is 0 Å². The third-order valence-corrected chi connectivity index (χ3v) is 6.04. The average molecular weight is 477 g/mol. The van der Waals surface area contributed by atoms with Crippen LogP contribution in [0.2, 0.25) is 0 Å². The maximum atomic E-state index is 6.14. The van der Waals surface area contributed by atoms with E-state index in [1.807, 2.05) is 38.3 Å². The lowest BCUT2D eigenvalue weighted by atomic mass is 10.0. The smallest absolute Gasteiger partial charge is 0.177 e. The van der Waals surface area contributed by atoms with Gasteiger partial charge >= 0.3 is 0 Å². The third-order valence-electron chi connectivity index (χ3n) is 6.04. The van der Waals surface area contributed by atoms with Crippen LogP contribution in [0.1, 0.15) is 44.9 Å². The Bertz CT molecular complexity index is 1160. The van der Waals surface area contributed by atoms with E-state index in [0.29, 0.717) is 36.6 Å². The van der Waals surface area contributed by atoms with Crippen molar-refractivity contribution < 1.29 is 4.74 Å². The molecular formula is C26H36N8O. The van der Waals surface area contributed by atoms with Crippen molar-refractivity contribution in [3.8, 4) is 17.1 Å². The standard InChI is InChI=1S/C26H36N8O/c1-17(2)29-25(30-18(3)28)23-16-34-13-14-35-24-15-19(5-6-21(24)26(34)32-23)22(7-10-27)31-20-8-11-33(4)12-9-20/h5-7,10,15-17,20H,8-9,11-14,27H2,1-4H3,(H2,28,29,30). The number of nitrogens with two attached hydrogens (primary N) is 2. The number of nitrogens with zero attached hydrogens (tertiary/aromatic N) is 6. The molecule has 0 aliphatic carbocycles. The summed E-state index contributed by atoms with van der Waals surface area (Å²) >= 11 is 0. The highest BCUT2D eigenvalue weighted by Gasteiger charge is 2.22. The van der Waals surface area contributed by atoms with Crippen molar-refractivity contribution >= 4 is 17.4 Å². The lowest BCUT2D eigenvalue weighted by Crippen LogP contribution is -2.32. The Labute approximate surface area is 207 Å². The van der Waals surface area contributed by atoms with E-state index in [1.165, 1.54) is 0 Å². The van der Waals surface area contributed by atoms with Crippen LogP contribution in [0.4, 0.5) is 0 Å². The Balaban J connectivity index is 1.70. The van der Waals surface area contributed by atoms with Crippen molar-refractivity contribution in [2.75, 3.05) is 26.7 Å². The lowest BCUT2D eigenvalue weighted by Gasteiger charge is -2.27. The molecule has 1 aromatic carbocycles. The molecule has 0 spiro atoms. The van der Waals surface area contributed by atoms with E-state index in [-0.39, 0.29) is 6.04 Å². The maximum absolute atomic E-state index is 6.14. The molecule has 35 heavy (non-hydrogen) atoms. The molecule has 0 amide bonds. The zero-order valence-electron chi connectivity index (χ0n) is 21.1. The van der Waals surface area contributed by atoms with Gasteiger partial charge in [0.1, 0.15) is 23.9 Å². The summed E-state index contributed by atoms with van der Waals surface area (Å²) in [7, 11) is 2.15. The summed E-state index contributed by atoms with van der Waals surface area (Å²) in [5.41, 5.74) is 15.1. The number of rotatable bonds is 5. The number of hydrogen-bond acceptors (Lipinski definition) is 6. The molecule has 0 saturated carbocycles. The summed E-state index contributed by atoms with van der Waals surface area (Å²) in [5, 5.41) is 0.